The first-order chi connectivity index (χ1) is 13.7. The molecule has 8 heteroatoms. The molecule has 0 aromatic carbocycles. The largest absolute Gasteiger partial charge is 0.379 e. The number of H-pyrrole nitrogens is 1. The van der Waals surface area contributed by atoms with E-state index in [1.54, 1.807) is 17.7 Å². The van der Waals surface area contributed by atoms with Crippen molar-refractivity contribution in [1.82, 2.24) is 20.2 Å². The number of aromatic nitrogens is 2. The predicted molar refractivity (Wildman–Crippen MR) is 105 cm³/mol. The Balaban J connectivity index is 1.29. The van der Waals surface area contributed by atoms with Crippen LogP contribution in [0.2, 0.25) is 0 Å². The fourth-order valence-corrected chi connectivity index (χ4v) is 5.67. The van der Waals surface area contributed by atoms with E-state index < -0.39 is 0 Å². The third-order valence-electron chi connectivity index (χ3n) is 6.11. The molecule has 0 bridgehead atoms. The minimum absolute atomic E-state index is 0.0294. The van der Waals surface area contributed by atoms with Gasteiger partial charge in [-0.1, -0.05) is 0 Å². The number of amides is 1. The van der Waals surface area contributed by atoms with Crippen LogP contribution >= 0.6 is 11.3 Å². The van der Waals surface area contributed by atoms with Crippen molar-refractivity contribution in [2.45, 2.75) is 43.9 Å². The summed E-state index contributed by atoms with van der Waals surface area (Å²) in [5.74, 6) is 0.0294. The number of fused-ring (bicyclic) bond motifs is 2. The first-order valence-electron chi connectivity index (χ1n) is 10.1. The number of likely N-dealkylation sites (tertiary alicyclic amines) is 1. The molecule has 1 atom stereocenters. The highest BCUT2D eigenvalue weighted by Gasteiger charge is 2.42. The lowest BCUT2D eigenvalue weighted by Crippen LogP contribution is -2.45. The second-order valence-corrected chi connectivity index (χ2v) is 9.06. The fraction of sp³-hybridized carbons (Fsp3) is 0.600. The fourth-order valence-electron chi connectivity index (χ4n) is 4.53. The highest BCUT2D eigenvalue weighted by atomic mass is 32.1. The van der Waals surface area contributed by atoms with Crippen molar-refractivity contribution in [3.05, 3.63) is 39.6 Å². The molecule has 5 rings (SSSR count). The number of nitrogens with zero attached hydrogens (tertiary/aromatic N) is 2. The Morgan fingerprint density at radius 2 is 2.29 bits per heavy atom. The van der Waals surface area contributed by atoms with Crippen LogP contribution in [0.1, 0.15) is 45.1 Å². The summed E-state index contributed by atoms with van der Waals surface area (Å²) < 4.78 is 11.7. The van der Waals surface area contributed by atoms with E-state index in [2.05, 4.69) is 26.3 Å². The van der Waals surface area contributed by atoms with Crippen LogP contribution in [-0.2, 0) is 28.0 Å². The van der Waals surface area contributed by atoms with Gasteiger partial charge in [0.05, 0.1) is 36.1 Å². The van der Waals surface area contributed by atoms with Gasteiger partial charge < -0.3 is 19.8 Å². The average Bonchev–Trinajstić information content (AvgIpc) is 3.45. The molecule has 2 aromatic heterocycles. The van der Waals surface area contributed by atoms with Crippen LogP contribution < -0.4 is 5.32 Å². The first kappa shape index (κ1) is 18.3. The summed E-state index contributed by atoms with van der Waals surface area (Å²) in [5.41, 5.74) is 2.16. The molecule has 2 N–H and O–H groups in total. The Labute approximate surface area is 168 Å². The van der Waals surface area contributed by atoms with Crippen LogP contribution in [0.4, 0.5) is 0 Å². The maximum absolute atomic E-state index is 12.7. The van der Waals surface area contributed by atoms with Crippen molar-refractivity contribution >= 4 is 17.2 Å². The second-order valence-electron chi connectivity index (χ2n) is 7.93. The van der Waals surface area contributed by atoms with Crippen LogP contribution in [-0.4, -0.2) is 59.7 Å². The Bertz CT molecular complexity index is 821. The number of aromatic amines is 1. The smallest absolute Gasteiger partial charge is 0.261 e. The monoisotopic (exact) mass is 402 g/mol. The standard InChI is InChI=1S/C20H26N4O3S/c25-19(23-14-1-7-26-12-14)18-9-16-17(28-18)2-8-27-20(16)3-5-24(6-4-20)11-15-10-21-13-22-15/h9-10,13-14H,1-8,11-12H2,(H,21,22)(H,23,25). The zero-order valence-corrected chi connectivity index (χ0v) is 16.7. The Kier molecular flexibility index (Phi) is 4.96. The van der Waals surface area contributed by atoms with Gasteiger partial charge in [-0.05, 0) is 30.9 Å². The van der Waals surface area contributed by atoms with Gasteiger partial charge in [-0.25, -0.2) is 4.98 Å². The number of carbonyl (C=O) groups is 1. The molecule has 2 saturated heterocycles. The van der Waals surface area contributed by atoms with Gasteiger partial charge >= 0.3 is 0 Å². The van der Waals surface area contributed by atoms with Crippen molar-refractivity contribution in [3.8, 4) is 0 Å². The molecule has 3 aliphatic heterocycles. The summed E-state index contributed by atoms with van der Waals surface area (Å²) in [4.78, 5) is 24.6. The quantitative estimate of drug-likeness (QED) is 0.818. The van der Waals surface area contributed by atoms with Crippen molar-refractivity contribution in [1.29, 1.82) is 0 Å². The number of rotatable bonds is 4. The van der Waals surface area contributed by atoms with Gasteiger partial charge in [0.25, 0.3) is 5.91 Å². The van der Waals surface area contributed by atoms with E-state index in [0.29, 0.717) is 6.61 Å². The normalized spacial score (nSPS) is 24.4. The summed E-state index contributed by atoms with van der Waals surface area (Å²) in [6.07, 6.45) is 7.34. The number of nitrogens with one attached hydrogen (secondary N) is 2. The SMILES string of the molecule is O=C(NC1CCOC1)c1cc2c(s1)CCOC21CCN(Cc2cnc[nH]2)CC1. The van der Waals surface area contributed by atoms with E-state index in [-0.39, 0.29) is 17.6 Å². The zero-order valence-electron chi connectivity index (χ0n) is 15.9. The van der Waals surface area contributed by atoms with Crippen molar-refractivity contribution < 1.29 is 14.3 Å². The molecule has 2 fully saturated rings. The van der Waals surface area contributed by atoms with Crippen molar-refractivity contribution in [2.75, 3.05) is 32.9 Å². The second kappa shape index (κ2) is 7.59. The molecule has 0 aliphatic carbocycles. The van der Waals surface area contributed by atoms with Crippen molar-refractivity contribution in [3.63, 3.8) is 0 Å². The summed E-state index contributed by atoms with van der Waals surface area (Å²) in [7, 11) is 0. The van der Waals surface area contributed by atoms with Crippen LogP contribution in [0.25, 0.3) is 0 Å². The van der Waals surface area contributed by atoms with Gasteiger partial charge in [-0.15, -0.1) is 11.3 Å². The minimum atomic E-state index is -0.233. The molecule has 3 aliphatic rings. The molecule has 1 amide bonds. The van der Waals surface area contributed by atoms with E-state index in [1.165, 1.54) is 10.4 Å². The molecular formula is C20H26N4O3S. The Hall–Kier alpha value is -1.74. The molecule has 2 aromatic rings. The number of piperidine rings is 1. The lowest BCUT2D eigenvalue weighted by atomic mass is 9.82. The van der Waals surface area contributed by atoms with Gasteiger partial charge in [-0.3, -0.25) is 9.69 Å². The Morgan fingerprint density at radius 1 is 1.39 bits per heavy atom. The molecule has 150 valence electrons. The van der Waals surface area contributed by atoms with Crippen molar-refractivity contribution in [2.24, 2.45) is 0 Å². The molecular weight excluding hydrogens is 376 g/mol. The molecule has 1 unspecified atom stereocenters. The third-order valence-corrected chi connectivity index (χ3v) is 7.30. The summed E-state index contributed by atoms with van der Waals surface area (Å²) in [6, 6.07) is 2.23. The average molecular weight is 403 g/mol. The number of hydrogen-bond acceptors (Lipinski definition) is 6. The summed E-state index contributed by atoms with van der Waals surface area (Å²) in [6.45, 7) is 4.95. The van der Waals surface area contributed by atoms with Crippen LogP contribution in [0.15, 0.2) is 18.6 Å². The Morgan fingerprint density at radius 3 is 3.04 bits per heavy atom. The molecule has 0 saturated carbocycles. The highest BCUT2D eigenvalue weighted by Crippen LogP contribution is 2.44. The van der Waals surface area contributed by atoms with Crippen LogP contribution in [0.3, 0.4) is 0 Å². The lowest BCUT2D eigenvalue weighted by molar-refractivity contribution is -0.0981. The number of imidazole rings is 1. The van der Waals surface area contributed by atoms with Crippen LogP contribution in [0, 0.1) is 0 Å². The number of hydrogen-bond donors (Lipinski definition) is 2. The maximum atomic E-state index is 12.7. The molecule has 7 nitrogen and oxygen atoms in total. The lowest BCUT2D eigenvalue weighted by Gasteiger charge is -2.44. The number of thiophene rings is 1. The topological polar surface area (TPSA) is 79.5 Å². The molecule has 1 spiro atoms. The van der Waals surface area contributed by atoms with E-state index in [1.807, 2.05) is 6.20 Å². The van der Waals surface area contributed by atoms with E-state index in [4.69, 9.17) is 9.47 Å². The first-order valence-corrected chi connectivity index (χ1v) is 10.9. The van der Waals surface area contributed by atoms with Crippen LogP contribution in [0.5, 0.6) is 0 Å². The van der Waals surface area contributed by atoms with E-state index >= 15 is 0 Å². The third kappa shape index (κ3) is 3.50. The zero-order chi connectivity index (χ0) is 19.0. The van der Waals surface area contributed by atoms with Gasteiger partial charge in [0.1, 0.15) is 0 Å². The molecule has 28 heavy (non-hydrogen) atoms. The summed E-state index contributed by atoms with van der Waals surface area (Å²) in [5, 5.41) is 3.12. The predicted octanol–water partition coefficient (Wildman–Crippen LogP) is 2.05. The molecule has 5 heterocycles. The highest BCUT2D eigenvalue weighted by molar-refractivity contribution is 7.14. The van der Waals surface area contributed by atoms with Gasteiger partial charge in [-0.2, -0.15) is 0 Å². The number of carbonyl (C=O) groups excluding carboxylic acids is 1. The van der Waals surface area contributed by atoms with Gasteiger partial charge in [0.15, 0.2) is 0 Å². The van der Waals surface area contributed by atoms with Gasteiger partial charge in [0.2, 0.25) is 0 Å². The van der Waals surface area contributed by atoms with E-state index in [9.17, 15) is 4.79 Å². The summed E-state index contributed by atoms with van der Waals surface area (Å²) >= 11 is 1.64. The molecule has 0 radical (unpaired) electrons. The van der Waals surface area contributed by atoms with E-state index in [0.717, 1.165) is 69.1 Å². The number of ether oxygens (including phenoxy) is 2. The maximum Gasteiger partial charge on any atom is 0.261 e. The van der Waals surface area contributed by atoms with Gasteiger partial charge in [0, 0.05) is 49.4 Å². The minimum Gasteiger partial charge on any atom is -0.379 e.